The Morgan fingerprint density at radius 3 is 2.27 bits per heavy atom. The van der Waals surface area contributed by atoms with Crippen LogP contribution in [0.15, 0.2) is 59.5 Å². The molecule has 1 aliphatic heterocycles. The number of hydrogen-bond donors (Lipinski definition) is 1. The Bertz CT molecular complexity index is 776. The standard InChI is InChI=1S/C19H24N2O3S.ClH/c1-16-7-9-17(10-8-16)19(15-21-11-13-24-14-12-21)20-25(22,23)18-5-3-2-4-6-18;/h2-10,19-20H,11-15H2,1H3;1H. The van der Waals surface area contributed by atoms with Crippen molar-refractivity contribution in [2.24, 2.45) is 0 Å². The highest BCUT2D eigenvalue weighted by atomic mass is 35.5. The van der Waals surface area contributed by atoms with E-state index in [4.69, 9.17) is 4.74 Å². The van der Waals surface area contributed by atoms with Gasteiger partial charge >= 0.3 is 0 Å². The maximum Gasteiger partial charge on any atom is 0.241 e. The van der Waals surface area contributed by atoms with E-state index in [9.17, 15) is 8.42 Å². The van der Waals surface area contributed by atoms with Crippen LogP contribution in [-0.4, -0.2) is 46.2 Å². The zero-order valence-electron chi connectivity index (χ0n) is 14.8. The summed E-state index contributed by atoms with van der Waals surface area (Å²) < 4.78 is 33.8. The molecule has 1 heterocycles. The van der Waals surface area contributed by atoms with Crippen LogP contribution in [0, 0.1) is 6.92 Å². The topological polar surface area (TPSA) is 58.6 Å². The van der Waals surface area contributed by atoms with Gasteiger partial charge in [0.05, 0.1) is 24.2 Å². The highest BCUT2D eigenvalue weighted by molar-refractivity contribution is 7.89. The molecule has 2 aromatic carbocycles. The molecule has 0 aliphatic carbocycles. The van der Waals surface area contributed by atoms with Gasteiger partial charge in [-0.05, 0) is 24.6 Å². The second-order valence-corrected chi connectivity index (χ2v) is 8.02. The molecule has 1 unspecified atom stereocenters. The van der Waals surface area contributed by atoms with Crippen LogP contribution in [0.1, 0.15) is 17.2 Å². The smallest absolute Gasteiger partial charge is 0.241 e. The monoisotopic (exact) mass is 396 g/mol. The summed E-state index contributed by atoms with van der Waals surface area (Å²) in [5.74, 6) is 0. The predicted octanol–water partition coefficient (Wildman–Crippen LogP) is 2.77. The van der Waals surface area contributed by atoms with Gasteiger partial charge < -0.3 is 4.74 Å². The Hall–Kier alpha value is -1.44. The van der Waals surface area contributed by atoms with Gasteiger partial charge in [0.2, 0.25) is 10.0 Å². The maximum absolute atomic E-state index is 12.8. The molecule has 142 valence electrons. The van der Waals surface area contributed by atoms with E-state index in [0.29, 0.717) is 19.8 Å². The van der Waals surface area contributed by atoms with Gasteiger partial charge in [-0.25, -0.2) is 13.1 Å². The third-order valence-corrected chi connectivity index (χ3v) is 5.86. The molecule has 2 aromatic rings. The molecule has 1 fully saturated rings. The second-order valence-electron chi connectivity index (χ2n) is 6.31. The van der Waals surface area contributed by atoms with E-state index in [1.165, 1.54) is 0 Å². The van der Waals surface area contributed by atoms with Crippen molar-refractivity contribution in [3.63, 3.8) is 0 Å². The number of hydrogen-bond acceptors (Lipinski definition) is 4. The number of rotatable bonds is 6. The van der Waals surface area contributed by atoms with Gasteiger partial charge in [-0.1, -0.05) is 48.0 Å². The van der Waals surface area contributed by atoms with Crippen LogP contribution >= 0.6 is 12.4 Å². The second kappa shape index (κ2) is 9.48. The summed E-state index contributed by atoms with van der Waals surface area (Å²) in [6.45, 7) is 5.65. The van der Waals surface area contributed by atoms with E-state index in [1.54, 1.807) is 24.3 Å². The summed E-state index contributed by atoms with van der Waals surface area (Å²) in [6, 6.07) is 16.2. The van der Waals surface area contributed by atoms with Gasteiger partial charge in [-0.2, -0.15) is 0 Å². The van der Waals surface area contributed by atoms with Gasteiger partial charge in [0.1, 0.15) is 0 Å². The lowest BCUT2D eigenvalue weighted by molar-refractivity contribution is 0.0345. The summed E-state index contributed by atoms with van der Waals surface area (Å²) in [5.41, 5.74) is 2.12. The number of benzene rings is 2. The Morgan fingerprint density at radius 2 is 1.65 bits per heavy atom. The Kier molecular flexibility index (Phi) is 7.61. The van der Waals surface area contributed by atoms with E-state index >= 15 is 0 Å². The number of nitrogens with one attached hydrogen (secondary N) is 1. The number of sulfonamides is 1. The molecule has 1 N–H and O–H groups in total. The first-order valence-electron chi connectivity index (χ1n) is 8.49. The molecular weight excluding hydrogens is 372 g/mol. The van der Waals surface area contributed by atoms with Gasteiger partial charge in [0, 0.05) is 19.6 Å². The molecule has 0 amide bonds. The van der Waals surface area contributed by atoms with Gasteiger partial charge in [-0.3, -0.25) is 4.90 Å². The van der Waals surface area contributed by atoms with Crippen molar-refractivity contribution >= 4 is 22.4 Å². The van der Waals surface area contributed by atoms with Crippen LogP contribution in [0.4, 0.5) is 0 Å². The summed E-state index contributed by atoms with van der Waals surface area (Å²) in [6.07, 6.45) is 0. The fourth-order valence-corrected chi connectivity index (χ4v) is 4.14. The third kappa shape index (κ3) is 5.53. The zero-order valence-corrected chi connectivity index (χ0v) is 16.4. The van der Waals surface area contributed by atoms with E-state index in [1.807, 2.05) is 37.3 Å². The van der Waals surface area contributed by atoms with Gasteiger partial charge in [-0.15, -0.1) is 12.4 Å². The lowest BCUT2D eigenvalue weighted by Crippen LogP contribution is -2.43. The highest BCUT2D eigenvalue weighted by Crippen LogP contribution is 2.20. The lowest BCUT2D eigenvalue weighted by atomic mass is 10.1. The van der Waals surface area contributed by atoms with Crippen molar-refractivity contribution in [1.29, 1.82) is 0 Å². The average molecular weight is 397 g/mol. The molecule has 7 heteroatoms. The van der Waals surface area contributed by atoms with Crippen molar-refractivity contribution in [3.8, 4) is 0 Å². The molecule has 1 atom stereocenters. The summed E-state index contributed by atoms with van der Waals surface area (Å²) in [4.78, 5) is 2.52. The summed E-state index contributed by atoms with van der Waals surface area (Å²) in [7, 11) is -3.58. The van der Waals surface area contributed by atoms with Crippen molar-refractivity contribution in [3.05, 3.63) is 65.7 Å². The fraction of sp³-hybridized carbons (Fsp3) is 0.368. The zero-order chi connectivity index (χ0) is 17.7. The fourth-order valence-electron chi connectivity index (χ4n) is 2.91. The molecule has 26 heavy (non-hydrogen) atoms. The van der Waals surface area contributed by atoms with Crippen LogP contribution in [0.2, 0.25) is 0 Å². The van der Waals surface area contributed by atoms with Gasteiger partial charge in [0.15, 0.2) is 0 Å². The van der Waals surface area contributed by atoms with Crippen LogP contribution in [0.5, 0.6) is 0 Å². The highest BCUT2D eigenvalue weighted by Gasteiger charge is 2.24. The van der Waals surface area contributed by atoms with Crippen LogP contribution in [0.3, 0.4) is 0 Å². The predicted molar refractivity (Wildman–Crippen MR) is 105 cm³/mol. The number of halogens is 1. The molecule has 0 spiro atoms. The SMILES string of the molecule is Cc1ccc(C(CN2CCOCC2)NS(=O)(=O)c2ccccc2)cc1.Cl. The first-order valence-corrected chi connectivity index (χ1v) is 9.97. The van der Waals surface area contributed by atoms with Gasteiger partial charge in [0.25, 0.3) is 0 Å². The molecule has 0 bridgehead atoms. The van der Waals surface area contributed by atoms with Crippen molar-refractivity contribution in [1.82, 2.24) is 9.62 Å². The van der Waals surface area contributed by atoms with E-state index in [-0.39, 0.29) is 23.3 Å². The molecule has 5 nitrogen and oxygen atoms in total. The number of morpholine rings is 1. The minimum absolute atomic E-state index is 0. The molecular formula is C19H25ClN2O3S. The van der Waals surface area contributed by atoms with E-state index < -0.39 is 10.0 Å². The first-order chi connectivity index (χ1) is 12.0. The number of aryl methyl sites for hydroxylation is 1. The average Bonchev–Trinajstić information content (AvgIpc) is 2.63. The Morgan fingerprint density at radius 1 is 1.04 bits per heavy atom. The van der Waals surface area contributed by atoms with E-state index in [0.717, 1.165) is 24.2 Å². The maximum atomic E-state index is 12.8. The molecule has 1 saturated heterocycles. The minimum atomic E-state index is -3.58. The Labute approximate surface area is 161 Å². The first kappa shape index (κ1) is 20.9. The van der Waals surface area contributed by atoms with Crippen molar-refractivity contribution in [2.75, 3.05) is 32.8 Å². The van der Waals surface area contributed by atoms with Crippen LogP contribution in [-0.2, 0) is 14.8 Å². The third-order valence-electron chi connectivity index (χ3n) is 4.38. The van der Waals surface area contributed by atoms with Crippen LogP contribution in [0.25, 0.3) is 0 Å². The van der Waals surface area contributed by atoms with Crippen LogP contribution < -0.4 is 4.72 Å². The van der Waals surface area contributed by atoms with E-state index in [2.05, 4.69) is 9.62 Å². The van der Waals surface area contributed by atoms with Crippen molar-refractivity contribution < 1.29 is 13.2 Å². The molecule has 0 saturated carbocycles. The quantitative estimate of drug-likeness (QED) is 0.815. The summed E-state index contributed by atoms with van der Waals surface area (Å²) in [5, 5.41) is 0. The molecule has 1 aliphatic rings. The molecule has 0 aromatic heterocycles. The number of nitrogens with zero attached hydrogens (tertiary/aromatic N) is 1. The Balaban J connectivity index is 0.00000243. The lowest BCUT2D eigenvalue weighted by Gasteiger charge is -2.31. The molecule has 3 rings (SSSR count). The normalized spacial score (nSPS) is 16.7. The number of ether oxygens (including phenoxy) is 1. The molecule has 0 radical (unpaired) electrons. The largest absolute Gasteiger partial charge is 0.379 e. The minimum Gasteiger partial charge on any atom is -0.379 e. The summed E-state index contributed by atoms with van der Waals surface area (Å²) >= 11 is 0. The van der Waals surface area contributed by atoms with Crippen molar-refractivity contribution in [2.45, 2.75) is 17.9 Å².